The first-order valence-corrected chi connectivity index (χ1v) is 7.10. The molecule has 1 aliphatic carbocycles. The lowest BCUT2D eigenvalue weighted by atomic mass is 9.69. The molecule has 0 amide bonds. The minimum Gasteiger partial charge on any atom is -0.497 e. The van der Waals surface area contributed by atoms with E-state index < -0.39 is 0 Å². The molecule has 19 heavy (non-hydrogen) atoms. The molecule has 0 heterocycles. The van der Waals surface area contributed by atoms with Crippen LogP contribution in [0.2, 0.25) is 0 Å². The van der Waals surface area contributed by atoms with Crippen LogP contribution in [0.1, 0.15) is 24.8 Å². The maximum atomic E-state index is 9.49. The smallest absolute Gasteiger partial charge is 0.118 e. The lowest BCUT2D eigenvalue weighted by molar-refractivity contribution is 0.0149. The topological polar surface area (TPSA) is 32.7 Å². The van der Waals surface area contributed by atoms with Crippen molar-refractivity contribution in [1.82, 2.24) is 4.90 Å². The number of rotatable bonds is 7. The molecule has 2 rings (SSSR count). The molecule has 0 aromatic heterocycles. The van der Waals surface area contributed by atoms with Gasteiger partial charge in [0.1, 0.15) is 5.75 Å². The van der Waals surface area contributed by atoms with Gasteiger partial charge in [0.05, 0.1) is 7.11 Å². The van der Waals surface area contributed by atoms with Gasteiger partial charge in [0, 0.05) is 25.1 Å². The van der Waals surface area contributed by atoms with Crippen molar-refractivity contribution in [3.05, 3.63) is 29.8 Å². The molecule has 1 aromatic rings. The van der Waals surface area contributed by atoms with Gasteiger partial charge in [-0.2, -0.15) is 0 Å². The van der Waals surface area contributed by atoms with Crippen LogP contribution in [0.3, 0.4) is 0 Å². The zero-order valence-electron chi connectivity index (χ0n) is 12.1. The van der Waals surface area contributed by atoms with Gasteiger partial charge in [0.2, 0.25) is 0 Å². The van der Waals surface area contributed by atoms with Crippen LogP contribution in [0.15, 0.2) is 24.3 Å². The monoisotopic (exact) mass is 263 g/mol. The molecule has 0 saturated heterocycles. The van der Waals surface area contributed by atoms with Crippen LogP contribution >= 0.6 is 0 Å². The van der Waals surface area contributed by atoms with E-state index in [1.54, 1.807) is 7.11 Å². The number of benzene rings is 1. The highest BCUT2D eigenvalue weighted by Crippen LogP contribution is 2.40. The second kappa shape index (κ2) is 6.40. The fourth-order valence-electron chi connectivity index (χ4n) is 2.81. The fourth-order valence-corrected chi connectivity index (χ4v) is 2.81. The molecule has 3 heteroatoms. The second-order valence-electron chi connectivity index (χ2n) is 5.85. The van der Waals surface area contributed by atoms with Gasteiger partial charge in [0.15, 0.2) is 0 Å². The van der Waals surface area contributed by atoms with Gasteiger partial charge >= 0.3 is 0 Å². The van der Waals surface area contributed by atoms with E-state index in [0.29, 0.717) is 6.61 Å². The molecule has 0 bridgehead atoms. The lowest BCUT2D eigenvalue weighted by Gasteiger charge is -2.43. The van der Waals surface area contributed by atoms with Crippen LogP contribution in [-0.2, 0) is 6.42 Å². The summed E-state index contributed by atoms with van der Waals surface area (Å²) in [5.41, 5.74) is 1.52. The van der Waals surface area contributed by atoms with Crippen LogP contribution in [0.5, 0.6) is 5.75 Å². The Morgan fingerprint density at radius 3 is 2.42 bits per heavy atom. The Bertz CT molecular complexity index is 379. The summed E-state index contributed by atoms with van der Waals surface area (Å²) in [5.74, 6) is 0.908. The van der Waals surface area contributed by atoms with E-state index >= 15 is 0 Å². The van der Waals surface area contributed by atoms with Gasteiger partial charge in [-0.15, -0.1) is 0 Å². The van der Waals surface area contributed by atoms with Crippen molar-refractivity contribution in [2.24, 2.45) is 5.41 Å². The van der Waals surface area contributed by atoms with Gasteiger partial charge in [-0.3, -0.25) is 0 Å². The number of likely N-dealkylation sites (N-methyl/N-ethyl adjacent to an activating group) is 1. The van der Waals surface area contributed by atoms with E-state index in [-0.39, 0.29) is 5.41 Å². The van der Waals surface area contributed by atoms with Crippen molar-refractivity contribution in [3.63, 3.8) is 0 Å². The number of methoxy groups -OCH3 is 1. The minimum absolute atomic E-state index is 0.189. The Morgan fingerprint density at radius 2 is 1.95 bits per heavy atom. The van der Waals surface area contributed by atoms with Gasteiger partial charge in [-0.05, 0) is 44.0 Å². The molecule has 3 nitrogen and oxygen atoms in total. The molecule has 0 radical (unpaired) electrons. The summed E-state index contributed by atoms with van der Waals surface area (Å²) in [6.45, 7) is 2.38. The number of aliphatic hydroxyl groups is 1. The van der Waals surface area contributed by atoms with Crippen molar-refractivity contribution in [2.75, 3.05) is 33.9 Å². The lowest BCUT2D eigenvalue weighted by Crippen LogP contribution is -2.44. The SMILES string of the molecule is COc1ccc(CCN(C)CC2(CO)CCC2)cc1. The van der Waals surface area contributed by atoms with E-state index in [1.165, 1.54) is 24.8 Å². The molecule has 0 spiro atoms. The quantitative estimate of drug-likeness (QED) is 0.819. The van der Waals surface area contributed by atoms with Crippen LogP contribution in [-0.4, -0.2) is 43.9 Å². The highest BCUT2D eigenvalue weighted by molar-refractivity contribution is 5.27. The second-order valence-corrected chi connectivity index (χ2v) is 5.85. The third-order valence-corrected chi connectivity index (χ3v) is 4.30. The predicted molar refractivity (Wildman–Crippen MR) is 77.6 cm³/mol. The minimum atomic E-state index is 0.189. The number of ether oxygens (including phenoxy) is 1. The number of aliphatic hydroxyl groups excluding tert-OH is 1. The molecule has 0 atom stereocenters. The first-order chi connectivity index (χ1) is 9.17. The van der Waals surface area contributed by atoms with E-state index in [4.69, 9.17) is 4.74 Å². The number of nitrogens with zero attached hydrogens (tertiary/aromatic N) is 1. The first kappa shape index (κ1) is 14.4. The number of hydrogen-bond donors (Lipinski definition) is 1. The van der Waals surface area contributed by atoms with Gasteiger partial charge in [0.25, 0.3) is 0 Å². The third kappa shape index (κ3) is 3.71. The summed E-state index contributed by atoms with van der Waals surface area (Å²) < 4.78 is 5.16. The van der Waals surface area contributed by atoms with Crippen molar-refractivity contribution < 1.29 is 9.84 Å². The molecular weight excluding hydrogens is 238 g/mol. The van der Waals surface area contributed by atoms with Crippen molar-refractivity contribution in [1.29, 1.82) is 0 Å². The molecule has 1 saturated carbocycles. The molecule has 0 unspecified atom stereocenters. The summed E-state index contributed by atoms with van der Waals surface area (Å²) in [4.78, 5) is 2.35. The maximum absolute atomic E-state index is 9.49. The predicted octanol–water partition coefficient (Wildman–Crippen LogP) is 2.33. The zero-order chi connectivity index (χ0) is 13.7. The summed E-state index contributed by atoms with van der Waals surface area (Å²) in [5, 5.41) is 9.49. The van der Waals surface area contributed by atoms with Crippen LogP contribution in [0, 0.1) is 5.41 Å². The summed E-state index contributed by atoms with van der Waals surface area (Å²) in [6, 6.07) is 8.27. The Balaban J connectivity index is 1.77. The van der Waals surface area contributed by atoms with Crippen LogP contribution < -0.4 is 4.74 Å². The van der Waals surface area contributed by atoms with Gasteiger partial charge in [-0.25, -0.2) is 0 Å². The Kier molecular flexibility index (Phi) is 4.83. The van der Waals surface area contributed by atoms with E-state index in [1.807, 2.05) is 12.1 Å². The maximum Gasteiger partial charge on any atom is 0.118 e. The van der Waals surface area contributed by atoms with Crippen molar-refractivity contribution in [2.45, 2.75) is 25.7 Å². The average molecular weight is 263 g/mol. The zero-order valence-corrected chi connectivity index (χ0v) is 12.1. The van der Waals surface area contributed by atoms with Crippen LogP contribution in [0.25, 0.3) is 0 Å². The van der Waals surface area contributed by atoms with E-state index in [0.717, 1.165) is 25.3 Å². The summed E-state index contributed by atoms with van der Waals surface area (Å²) in [7, 11) is 3.84. The molecule has 106 valence electrons. The Labute approximate surface area is 116 Å². The third-order valence-electron chi connectivity index (χ3n) is 4.30. The highest BCUT2D eigenvalue weighted by Gasteiger charge is 2.36. The van der Waals surface area contributed by atoms with Gasteiger partial charge in [-0.1, -0.05) is 18.6 Å². The summed E-state index contributed by atoms with van der Waals surface area (Å²) >= 11 is 0. The van der Waals surface area contributed by atoms with E-state index in [2.05, 4.69) is 24.1 Å². The standard InChI is InChI=1S/C16H25NO2/c1-17(12-16(13-18)9-3-10-16)11-8-14-4-6-15(19-2)7-5-14/h4-7,18H,3,8-13H2,1-2H3. The highest BCUT2D eigenvalue weighted by atomic mass is 16.5. The molecule has 1 N–H and O–H groups in total. The first-order valence-electron chi connectivity index (χ1n) is 7.10. The average Bonchev–Trinajstić information content (AvgIpc) is 2.41. The Hall–Kier alpha value is -1.06. The normalized spacial score (nSPS) is 17.3. The van der Waals surface area contributed by atoms with Crippen LogP contribution in [0.4, 0.5) is 0 Å². The fraction of sp³-hybridized carbons (Fsp3) is 0.625. The van der Waals surface area contributed by atoms with Crippen molar-refractivity contribution in [3.8, 4) is 5.75 Å². The summed E-state index contributed by atoms with van der Waals surface area (Å²) in [6.07, 6.45) is 4.67. The molecular formula is C16H25NO2. The van der Waals surface area contributed by atoms with Crippen molar-refractivity contribution >= 4 is 0 Å². The molecule has 1 aliphatic rings. The molecule has 1 fully saturated rings. The number of hydrogen-bond acceptors (Lipinski definition) is 3. The van der Waals surface area contributed by atoms with E-state index in [9.17, 15) is 5.11 Å². The largest absolute Gasteiger partial charge is 0.497 e. The van der Waals surface area contributed by atoms with Gasteiger partial charge < -0.3 is 14.7 Å². The molecule has 0 aliphatic heterocycles. The molecule has 1 aromatic carbocycles. The Morgan fingerprint density at radius 1 is 1.26 bits per heavy atom.